The number of nitro benzene ring substituents is 1. The third-order valence-corrected chi connectivity index (χ3v) is 2.81. The topological polar surface area (TPSA) is 101 Å². The van der Waals surface area contributed by atoms with Gasteiger partial charge in [0.15, 0.2) is 5.82 Å². The van der Waals surface area contributed by atoms with Gasteiger partial charge in [0.2, 0.25) is 5.91 Å². The number of benzene rings is 1. The molecule has 0 spiro atoms. The molecule has 0 aliphatic heterocycles. The van der Waals surface area contributed by atoms with Gasteiger partial charge in [-0.15, -0.1) is 0 Å². The third-order valence-electron chi connectivity index (χ3n) is 2.81. The number of H-pyrrole nitrogens is 1. The van der Waals surface area contributed by atoms with Gasteiger partial charge >= 0.3 is 0 Å². The molecular weight excluding hydrogens is 272 g/mol. The van der Waals surface area contributed by atoms with E-state index >= 15 is 0 Å². The number of rotatable bonds is 5. The van der Waals surface area contributed by atoms with Crippen LogP contribution in [-0.4, -0.2) is 21.0 Å². The van der Waals surface area contributed by atoms with Gasteiger partial charge in [0.1, 0.15) is 0 Å². The van der Waals surface area contributed by atoms with Crippen LogP contribution in [0.2, 0.25) is 0 Å². The highest BCUT2D eigenvalue weighted by Gasteiger charge is 2.11. The predicted octanol–water partition coefficient (Wildman–Crippen LogP) is 2.97. The Morgan fingerprint density at radius 1 is 1.43 bits per heavy atom. The number of nitrogens with zero attached hydrogens (tertiary/aromatic N) is 2. The van der Waals surface area contributed by atoms with Crippen molar-refractivity contribution in [2.75, 3.05) is 5.32 Å². The van der Waals surface area contributed by atoms with Crippen LogP contribution in [0.15, 0.2) is 30.3 Å². The Balaban J connectivity index is 2.14. The monoisotopic (exact) mass is 288 g/mol. The molecule has 21 heavy (non-hydrogen) atoms. The number of carbonyl (C=O) groups is 1. The van der Waals surface area contributed by atoms with Gasteiger partial charge in [-0.25, -0.2) is 0 Å². The van der Waals surface area contributed by atoms with E-state index in [2.05, 4.69) is 15.5 Å². The molecule has 2 aromatic rings. The minimum Gasteiger partial charge on any atom is -0.309 e. The van der Waals surface area contributed by atoms with E-state index in [1.165, 1.54) is 12.1 Å². The summed E-state index contributed by atoms with van der Waals surface area (Å²) in [6, 6.07) is 7.86. The highest BCUT2D eigenvalue weighted by Crippen LogP contribution is 2.23. The van der Waals surface area contributed by atoms with E-state index in [1.807, 2.05) is 13.8 Å². The number of hydrogen-bond donors (Lipinski definition) is 2. The summed E-state index contributed by atoms with van der Waals surface area (Å²) in [5.74, 6) is 0.560. The lowest BCUT2D eigenvalue weighted by Gasteiger charge is -2.03. The predicted molar refractivity (Wildman–Crippen MR) is 78.8 cm³/mol. The number of non-ortho nitro benzene ring substituents is 1. The molecule has 7 nitrogen and oxygen atoms in total. The second kappa shape index (κ2) is 6.17. The Morgan fingerprint density at radius 2 is 2.19 bits per heavy atom. The maximum Gasteiger partial charge on any atom is 0.270 e. The second-order valence-electron chi connectivity index (χ2n) is 5.12. The standard InChI is InChI=1S/C14H16N4O3/c1-9(2)6-14(19)15-13-8-12(16-17-13)10-4-3-5-11(7-10)18(20)21/h3-5,7-9H,6H2,1-2H3,(H2,15,16,17,19). The molecule has 0 radical (unpaired) electrons. The average Bonchev–Trinajstić information content (AvgIpc) is 2.86. The number of anilines is 1. The van der Waals surface area contributed by atoms with Crippen molar-refractivity contribution in [3.63, 3.8) is 0 Å². The average molecular weight is 288 g/mol. The van der Waals surface area contributed by atoms with E-state index in [0.29, 0.717) is 23.5 Å². The van der Waals surface area contributed by atoms with Crippen molar-refractivity contribution in [2.45, 2.75) is 20.3 Å². The maximum atomic E-state index is 11.7. The van der Waals surface area contributed by atoms with Crippen molar-refractivity contribution >= 4 is 17.4 Å². The molecule has 2 rings (SSSR count). The van der Waals surface area contributed by atoms with E-state index in [0.717, 1.165) is 0 Å². The van der Waals surface area contributed by atoms with Crippen molar-refractivity contribution in [1.29, 1.82) is 0 Å². The number of amides is 1. The molecular formula is C14H16N4O3. The van der Waals surface area contributed by atoms with Crippen molar-refractivity contribution in [2.24, 2.45) is 5.92 Å². The van der Waals surface area contributed by atoms with Crippen LogP contribution in [-0.2, 0) is 4.79 Å². The van der Waals surface area contributed by atoms with Crippen LogP contribution in [0.4, 0.5) is 11.5 Å². The molecule has 0 bridgehead atoms. The molecule has 1 aromatic heterocycles. The number of aromatic nitrogens is 2. The van der Waals surface area contributed by atoms with Gasteiger partial charge in [0.05, 0.1) is 10.6 Å². The molecule has 2 N–H and O–H groups in total. The first-order valence-corrected chi connectivity index (χ1v) is 6.56. The van der Waals surface area contributed by atoms with E-state index in [4.69, 9.17) is 0 Å². The van der Waals surface area contributed by atoms with Crippen molar-refractivity contribution in [3.8, 4) is 11.3 Å². The van der Waals surface area contributed by atoms with Gasteiger partial charge in [-0.2, -0.15) is 5.10 Å². The summed E-state index contributed by atoms with van der Waals surface area (Å²) in [4.78, 5) is 22.0. The zero-order chi connectivity index (χ0) is 15.4. The molecule has 1 aromatic carbocycles. The lowest BCUT2D eigenvalue weighted by Crippen LogP contribution is -2.13. The van der Waals surface area contributed by atoms with Crippen LogP contribution in [0.5, 0.6) is 0 Å². The summed E-state index contributed by atoms with van der Waals surface area (Å²) < 4.78 is 0. The molecule has 110 valence electrons. The second-order valence-corrected chi connectivity index (χ2v) is 5.12. The maximum absolute atomic E-state index is 11.7. The zero-order valence-corrected chi connectivity index (χ0v) is 11.8. The van der Waals surface area contributed by atoms with E-state index in [9.17, 15) is 14.9 Å². The lowest BCUT2D eigenvalue weighted by molar-refractivity contribution is -0.384. The summed E-state index contributed by atoms with van der Waals surface area (Å²) in [6.07, 6.45) is 0.416. The Labute approximate surface area is 121 Å². The van der Waals surface area contributed by atoms with Crippen LogP contribution in [0.3, 0.4) is 0 Å². The lowest BCUT2D eigenvalue weighted by atomic mass is 10.1. The van der Waals surface area contributed by atoms with Crippen LogP contribution in [0.25, 0.3) is 11.3 Å². The molecule has 0 saturated heterocycles. The molecule has 1 amide bonds. The Kier molecular flexibility index (Phi) is 4.32. The highest BCUT2D eigenvalue weighted by molar-refractivity contribution is 5.90. The van der Waals surface area contributed by atoms with Gasteiger partial charge < -0.3 is 5.32 Å². The summed E-state index contributed by atoms with van der Waals surface area (Å²) in [5.41, 5.74) is 1.26. The minimum atomic E-state index is -0.453. The van der Waals surface area contributed by atoms with Gasteiger partial charge in [0.25, 0.3) is 5.69 Å². The SMILES string of the molecule is CC(C)CC(=O)Nc1cc(-c2cccc([N+](=O)[O-])c2)[nH]n1. The summed E-state index contributed by atoms with van der Waals surface area (Å²) in [5, 5.41) is 20.2. The van der Waals surface area contributed by atoms with Crippen molar-refractivity contribution in [1.82, 2.24) is 10.2 Å². The van der Waals surface area contributed by atoms with Gasteiger partial charge in [-0.1, -0.05) is 26.0 Å². The number of nitrogens with one attached hydrogen (secondary N) is 2. The normalized spacial score (nSPS) is 10.6. The molecule has 0 saturated carbocycles. The minimum absolute atomic E-state index is 0.00694. The molecule has 0 fully saturated rings. The van der Waals surface area contributed by atoms with Gasteiger partial charge in [-0.3, -0.25) is 20.0 Å². The highest BCUT2D eigenvalue weighted by atomic mass is 16.6. The molecule has 7 heteroatoms. The zero-order valence-electron chi connectivity index (χ0n) is 11.8. The summed E-state index contributed by atoms with van der Waals surface area (Å²) in [7, 11) is 0. The molecule has 0 unspecified atom stereocenters. The fourth-order valence-electron chi connectivity index (χ4n) is 1.89. The molecule has 0 aliphatic carbocycles. The number of carbonyl (C=O) groups excluding carboxylic acids is 1. The number of aromatic amines is 1. The molecule has 1 heterocycles. The largest absolute Gasteiger partial charge is 0.309 e. The van der Waals surface area contributed by atoms with Gasteiger partial charge in [-0.05, 0) is 5.92 Å². The van der Waals surface area contributed by atoms with E-state index < -0.39 is 4.92 Å². The Hall–Kier alpha value is -2.70. The van der Waals surface area contributed by atoms with Gasteiger partial charge in [0, 0.05) is 30.2 Å². The quantitative estimate of drug-likeness (QED) is 0.652. The smallest absolute Gasteiger partial charge is 0.270 e. The first kappa shape index (κ1) is 14.7. The molecule has 0 aliphatic rings. The van der Waals surface area contributed by atoms with Crippen LogP contribution in [0.1, 0.15) is 20.3 Å². The molecule has 0 atom stereocenters. The Morgan fingerprint density at radius 3 is 2.86 bits per heavy atom. The number of nitro groups is 1. The summed E-state index contributed by atoms with van der Waals surface area (Å²) >= 11 is 0. The van der Waals surface area contributed by atoms with Crippen LogP contribution >= 0.6 is 0 Å². The summed E-state index contributed by atoms with van der Waals surface area (Å²) in [6.45, 7) is 3.91. The Bertz CT molecular complexity index is 664. The fraction of sp³-hybridized carbons (Fsp3) is 0.286. The van der Waals surface area contributed by atoms with E-state index in [1.54, 1.807) is 18.2 Å². The first-order valence-electron chi connectivity index (χ1n) is 6.56. The van der Waals surface area contributed by atoms with Crippen LogP contribution in [0, 0.1) is 16.0 Å². The van der Waals surface area contributed by atoms with E-state index in [-0.39, 0.29) is 17.5 Å². The van der Waals surface area contributed by atoms with Crippen molar-refractivity contribution in [3.05, 3.63) is 40.4 Å². The fourth-order valence-corrected chi connectivity index (χ4v) is 1.89. The van der Waals surface area contributed by atoms with Crippen molar-refractivity contribution < 1.29 is 9.72 Å². The van der Waals surface area contributed by atoms with Crippen LogP contribution < -0.4 is 5.32 Å². The first-order chi connectivity index (χ1) is 9.95. The number of hydrogen-bond acceptors (Lipinski definition) is 4. The third kappa shape index (κ3) is 3.88.